The second kappa shape index (κ2) is 2.46. The van der Waals surface area contributed by atoms with E-state index < -0.39 is 0 Å². The Morgan fingerprint density at radius 1 is 1.67 bits per heavy atom. The zero-order chi connectivity index (χ0) is 8.77. The molecule has 0 spiro atoms. The lowest BCUT2D eigenvalue weighted by Gasteiger charge is -2.27. The van der Waals surface area contributed by atoms with Crippen molar-refractivity contribution in [2.24, 2.45) is 5.41 Å². The molecule has 1 aliphatic heterocycles. The van der Waals surface area contributed by atoms with Crippen molar-refractivity contribution in [3.8, 4) is 0 Å². The molecule has 0 unspecified atom stereocenters. The molecule has 0 aromatic heterocycles. The molecule has 0 aromatic carbocycles. The predicted octanol–water partition coefficient (Wildman–Crippen LogP) is 1.12. The van der Waals surface area contributed by atoms with E-state index in [1.54, 1.807) is 0 Å². The van der Waals surface area contributed by atoms with E-state index in [9.17, 15) is 4.79 Å². The largest absolute Gasteiger partial charge is 0.469 e. The number of hydrogen-bond acceptors (Lipinski definition) is 3. The normalized spacial score (nSPS) is 44.8. The smallest absolute Gasteiger partial charge is 0.314 e. The average Bonchev–Trinajstić information content (AvgIpc) is 2.83. The first-order chi connectivity index (χ1) is 5.68. The average molecular weight is 170 g/mol. The van der Waals surface area contributed by atoms with E-state index in [4.69, 9.17) is 9.47 Å². The molecular formula is C9H14O3. The van der Waals surface area contributed by atoms with Gasteiger partial charge >= 0.3 is 5.97 Å². The molecule has 0 radical (unpaired) electrons. The molecule has 12 heavy (non-hydrogen) atoms. The molecule has 0 amide bonds. The molecule has 1 heterocycles. The highest BCUT2D eigenvalue weighted by molar-refractivity contribution is 5.77. The second-order valence-electron chi connectivity index (χ2n) is 3.90. The van der Waals surface area contributed by atoms with Crippen LogP contribution in [0.2, 0.25) is 0 Å². The Hall–Kier alpha value is -0.570. The number of rotatable bonds is 1. The topological polar surface area (TPSA) is 38.8 Å². The number of methoxy groups -OCH3 is 1. The number of fused-ring (bicyclic) bond motifs is 1. The number of esters is 1. The minimum Gasteiger partial charge on any atom is -0.469 e. The molecule has 3 heteroatoms. The third-order valence-electron chi connectivity index (χ3n) is 3.05. The molecule has 1 saturated heterocycles. The predicted molar refractivity (Wildman–Crippen MR) is 42.6 cm³/mol. The maximum absolute atomic E-state index is 11.4. The standard InChI is InChI=1S/C9H14O3/c1-9(8(10)11-2)5-3-4-6-7(9)12-6/h6-7H,3-5H2,1-2H3/t6-,7-,9+/m1/s1. The van der Waals surface area contributed by atoms with Crippen LogP contribution in [0.4, 0.5) is 0 Å². The lowest BCUT2D eigenvalue weighted by Crippen LogP contribution is -2.37. The van der Waals surface area contributed by atoms with Gasteiger partial charge in [-0.05, 0) is 26.2 Å². The van der Waals surface area contributed by atoms with Crippen LogP contribution in [0, 0.1) is 5.41 Å². The summed E-state index contributed by atoms with van der Waals surface area (Å²) in [5, 5.41) is 0. The second-order valence-corrected chi connectivity index (χ2v) is 3.90. The lowest BCUT2D eigenvalue weighted by molar-refractivity contribution is -0.153. The van der Waals surface area contributed by atoms with Crippen LogP contribution in [0.5, 0.6) is 0 Å². The minimum atomic E-state index is -0.363. The zero-order valence-corrected chi connectivity index (χ0v) is 7.50. The molecule has 68 valence electrons. The number of carbonyl (C=O) groups excluding carboxylic acids is 1. The maximum atomic E-state index is 11.4. The van der Waals surface area contributed by atoms with Crippen LogP contribution in [0.1, 0.15) is 26.2 Å². The lowest BCUT2D eigenvalue weighted by atomic mass is 9.76. The molecule has 2 aliphatic rings. The summed E-state index contributed by atoms with van der Waals surface area (Å²) in [5.41, 5.74) is -0.363. The van der Waals surface area contributed by atoms with Gasteiger partial charge in [0.2, 0.25) is 0 Å². The van der Waals surface area contributed by atoms with Crippen LogP contribution in [0.25, 0.3) is 0 Å². The third-order valence-corrected chi connectivity index (χ3v) is 3.05. The minimum absolute atomic E-state index is 0.116. The molecule has 0 N–H and O–H groups in total. The van der Waals surface area contributed by atoms with E-state index in [0.29, 0.717) is 6.10 Å². The Bertz CT molecular complexity index is 214. The molecule has 1 saturated carbocycles. The van der Waals surface area contributed by atoms with Gasteiger partial charge in [0.1, 0.15) is 0 Å². The number of hydrogen-bond donors (Lipinski definition) is 0. The van der Waals surface area contributed by atoms with Crippen molar-refractivity contribution in [1.29, 1.82) is 0 Å². The monoisotopic (exact) mass is 170 g/mol. The van der Waals surface area contributed by atoms with Crippen molar-refractivity contribution in [1.82, 2.24) is 0 Å². The van der Waals surface area contributed by atoms with E-state index in [1.807, 2.05) is 6.92 Å². The van der Waals surface area contributed by atoms with Gasteiger partial charge in [-0.1, -0.05) is 0 Å². The van der Waals surface area contributed by atoms with Gasteiger partial charge < -0.3 is 9.47 Å². The van der Waals surface area contributed by atoms with Crippen molar-refractivity contribution in [3.05, 3.63) is 0 Å². The Morgan fingerprint density at radius 3 is 3.08 bits per heavy atom. The Morgan fingerprint density at radius 2 is 2.42 bits per heavy atom. The summed E-state index contributed by atoms with van der Waals surface area (Å²) >= 11 is 0. The van der Waals surface area contributed by atoms with Gasteiger partial charge in [0.25, 0.3) is 0 Å². The Labute approximate surface area is 72.0 Å². The quantitative estimate of drug-likeness (QED) is 0.437. The van der Waals surface area contributed by atoms with Gasteiger partial charge in [-0.2, -0.15) is 0 Å². The van der Waals surface area contributed by atoms with E-state index in [0.717, 1.165) is 19.3 Å². The van der Waals surface area contributed by atoms with Crippen molar-refractivity contribution >= 4 is 5.97 Å². The molecule has 3 nitrogen and oxygen atoms in total. The highest BCUT2D eigenvalue weighted by Crippen LogP contribution is 2.49. The zero-order valence-electron chi connectivity index (χ0n) is 7.50. The highest BCUT2D eigenvalue weighted by Gasteiger charge is 2.58. The molecule has 2 fully saturated rings. The summed E-state index contributed by atoms with van der Waals surface area (Å²) in [6.45, 7) is 1.95. The van der Waals surface area contributed by atoms with Crippen molar-refractivity contribution in [2.45, 2.75) is 38.4 Å². The molecule has 1 aliphatic carbocycles. The van der Waals surface area contributed by atoms with Gasteiger partial charge in [-0.15, -0.1) is 0 Å². The van der Waals surface area contributed by atoms with Crippen molar-refractivity contribution < 1.29 is 14.3 Å². The van der Waals surface area contributed by atoms with Gasteiger partial charge in [0, 0.05) is 0 Å². The van der Waals surface area contributed by atoms with Crippen LogP contribution < -0.4 is 0 Å². The highest BCUT2D eigenvalue weighted by atomic mass is 16.6. The first-order valence-corrected chi connectivity index (χ1v) is 4.42. The summed E-state index contributed by atoms with van der Waals surface area (Å²) < 4.78 is 10.2. The summed E-state index contributed by atoms with van der Waals surface area (Å²) in [4.78, 5) is 11.4. The fraction of sp³-hybridized carbons (Fsp3) is 0.889. The molecule has 3 atom stereocenters. The van der Waals surface area contributed by atoms with E-state index in [2.05, 4.69) is 0 Å². The molecular weight excluding hydrogens is 156 g/mol. The van der Waals surface area contributed by atoms with Crippen LogP contribution in [0.15, 0.2) is 0 Å². The fourth-order valence-electron chi connectivity index (χ4n) is 2.19. The third kappa shape index (κ3) is 0.959. The van der Waals surface area contributed by atoms with Gasteiger partial charge in [0.05, 0.1) is 24.7 Å². The van der Waals surface area contributed by atoms with E-state index >= 15 is 0 Å². The SMILES string of the molecule is COC(=O)[C@@]1(C)CCC[C@H]2O[C@H]21. The van der Waals surface area contributed by atoms with Crippen LogP contribution in [0.3, 0.4) is 0 Å². The summed E-state index contributed by atoms with van der Waals surface area (Å²) in [7, 11) is 1.44. The molecule has 0 bridgehead atoms. The first-order valence-electron chi connectivity index (χ1n) is 4.42. The van der Waals surface area contributed by atoms with Crippen molar-refractivity contribution in [2.75, 3.05) is 7.11 Å². The number of carbonyl (C=O) groups is 1. The Kier molecular flexibility index (Phi) is 1.65. The van der Waals surface area contributed by atoms with E-state index in [1.165, 1.54) is 7.11 Å². The van der Waals surface area contributed by atoms with Gasteiger partial charge in [-0.25, -0.2) is 0 Å². The first kappa shape index (κ1) is 8.05. The van der Waals surface area contributed by atoms with Gasteiger partial charge in [-0.3, -0.25) is 4.79 Å². The van der Waals surface area contributed by atoms with E-state index in [-0.39, 0.29) is 17.5 Å². The molecule has 2 rings (SSSR count). The van der Waals surface area contributed by atoms with Gasteiger partial charge in [0.15, 0.2) is 0 Å². The maximum Gasteiger partial charge on any atom is 0.314 e. The fourth-order valence-corrected chi connectivity index (χ4v) is 2.19. The van der Waals surface area contributed by atoms with Crippen molar-refractivity contribution in [3.63, 3.8) is 0 Å². The summed E-state index contributed by atoms with van der Waals surface area (Å²) in [5.74, 6) is -0.116. The van der Waals surface area contributed by atoms with Crippen LogP contribution >= 0.6 is 0 Å². The Balaban J connectivity index is 2.13. The van der Waals surface area contributed by atoms with Crippen LogP contribution in [-0.2, 0) is 14.3 Å². The number of ether oxygens (including phenoxy) is 2. The molecule has 0 aromatic rings. The summed E-state index contributed by atoms with van der Waals surface area (Å²) in [6.07, 6.45) is 3.56. The number of epoxide rings is 1. The van der Waals surface area contributed by atoms with Crippen LogP contribution in [-0.4, -0.2) is 25.3 Å². The summed E-state index contributed by atoms with van der Waals surface area (Å²) in [6, 6.07) is 0.